The van der Waals surface area contributed by atoms with Crippen LogP contribution in [0, 0.1) is 0 Å². The van der Waals surface area contributed by atoms with E-state index < -0.39 is 0 Å². The van der Waals surface area contributed by atoms with Crippen molar-refractivity contribution < 1.29 is 0 Å². The molecule has 4 aromatic carbocycles. The van der Waals surface area contributed by atoms with Crippen molar-refractivity contribution in [3.05, 3.63) is 127 Å². The van der Waals surface area contributed by atoms with Gasteiger partial charge in [-0.25, -0.2) is 15.0 Å². The number of fused-ring (bicyclic) bond motifs is 15. The van der Waals surface area contributed by atoms with E-state index in [0.717, 1.165) is 50.7 Å². The van der Waals surface area contributed by atoms with Gasteiger partial charge in [-0.15, -0.1) is 0 Å². The summed E-state index contributed by atoms with van der Waals surface area (Å²) in [7, 11) is 0. The van der Waals surface area contributed by atoms with E-state index >= 15 is 0 Å². The van der Waals surface area contributed by atoms with E-state index in [1.165, 1.54) is 44.1 Å². The van der Waals surface area contributed by atoms with E-state index in [1.54, 1.807) is 0 Å². The molecule has 0 atom stereocenters. The first-order chi connectivity index (χ1) is 20.3. The van der Waals surface area contributed by atoms with E-state index in [-0.39, 0.29) is 0 Å². The summed E-state index contributed by atoms with van der Waals surface area (Å²) < 4.78 is 4.57. The van der Waals surface area contributed by atoms with E-state index in [0.29, 0.717) is 0 Å². The summed E-state index contributed by atoms with van der Waals surface area (Å²) >= 11 is 0. The Morgan fingerprint density at radius 2 is 1.39 bits per heavy atom. The highest BCUT2D eigenvalue weighted by molar-refractivity contribution is 6.22. The van der Waals surface area contributed by atoms with Crippen LogP contribution >= 0.6 is 0 Å². The van der Waals surface area contributed by atoms with Crippen molar-refractivity contribution in [1.82, 2.24) is 23.9 Å². The fourth-order valence-corrected chi connectivity index (χ4v) is 7.10. The minimum atomic E-state index is 0.828. The second-order valence-corrected chi connectivity index (χ2v) is 10.9. The molecule has 5 heteroatoms. The van der Waals surface area contributed by atoms with Crippen molar-refractivity contribution in [1.29, 1.82) is 0 Å². The SMILES string of the molecule is c1ccc(-n2c3cc4c5cccnc5n5c6ncccc6nc5c4cc3c3ccc4c(c32)-c2ccccc2C4)cc1. The van der Waals surface area contributed by atoms with Crippen molar-refractivity contribution >= 4 is 60.4 Å². The molecule has 0 bridgehead atoms. The minimum Gasteiger partial charge on any atom is -0.309 e. The second-order valence-electron chi connectivity index (χ2n) is 10.9. The summed E-state index contributed by atoms with van der Waals surface area (Å²) in [5.74, 6) is 0. The molecule has 0 saturated carbocycles. The number of nitrogens with zero attached hydrogens (tertiary/aromatic N) is 5. The van der Waals surface area contributed by atoms with Crippen LogP contribution < -0.4 is 0 Å². The lowest BCUT2D eigenvalue weighted by atomic mass is 10.0. The topological polar surface area (TPSA) is 48.0 Å². The molecule has 0 spiro atoms. The Morgan fingerprint density at radius 1 is 0.561 bits per heavy atom. The predicted octanol–water partition coefficient (Wildman–Crippen LogP) is 8.25. The Balaban J connectivity index is 1.47. The Kier molecular flexibility index (Phi) is 3.92. The van der Waals surface area contributed by atoms with Gasteiger partial charge in [0.2, 0.25) is 0 Å². The molecule has 1 aliphatic carbocycles. The molecule has 9 aromatic rings. The Morgan fingerprint density at radius 3 is 2.32 bits per heavy atom. The number of benzene rings is 4. The number of hydrogen-bond acceptors (Lipinski definition) is 3. The van der Waals surface area contributed by atoms with E-state index in [1.807, 2.05) is 30.6 Å². The third-order valence-electron chi connectivity index (χ3n) is 8.78. The van der Waals surface area contributed by atoms with E-state index in [9.17, 15) is 0 Å². The predicted molar refractivity (Wildman–Crippen MR) is 166 cm³/mol. The molecule has 190 valence electrons. The third kappa shape index (κ3) is 2.68. The highest BCUT2D eigenvalue weighted by atomic mass is 15.1. The molecule has 0 amide bonds. The molecule has 0 aliphatic heterocycles. The maximum absolute atomic E-state index is 5.09. The van der Waals surface area contributed by atoms with Gasteiger partial charge in [-0.2, -0.15) is 0 Å². The first kappa shape index (κ1) is 21.3. The average molecular weight is 524 g/mol. The maximum atomic E-state index is 5.09. The van der Waals surface area contributed by atoms with Gasteiger partial charge in [-0.1, -0.05) is 54.6 Å². The number of aromatic nitrogens is 5. The molecule has 1 aliphatic rings. The number of rotatable bonds is 1. The summed E-state index contributed by atoms with van der Waals surface area (Å²) in [5.41, 5.74) is 12.5. The molecule has 0 unspecified atom stereocenters. The highest BCUT2D eigenvalue weighted by Crippen LogP contribution is 2.46. The summed E-state index contributed by atoms with van der Waals surface area (Å²) in [6.45, 7) is 0. The lowest BCUT2D eigenvalue weighted by Crippen LogP contribution is -1.97. The number of pyridine rings is 3. The number of imidazole rings is 1. The third-order valence-corrected chi connectivity index (χ3v) is 8.78. The smallest absolute Gasteiger partial charge is 0.166 e. The van der Waals surface area contributed by atoms with Crippen LogP contribution in [0.25, 0.3) is 77.2 Å². The van der Waals surface area contributed by atoms with Crippen molar-refractivity contribution in [3.8, 4) is 16.8 Å². The fourth-order valence-electron chi connectivity index (χ4n) is 7.10. The van der Waals surface area contributed by atoms with Crippen molar-refractivity contribution in [2.75, 3.05) is 0 Å². The normalized spacial score (nSPS) is 12.8. The van der Waals surface area contributed by atoms with Crippen LogP contribution in [0.2, 0.25) is 0 Å². The van der Waals surface area contributed by atoms with Gasteiger partial charge in [0.05, 0.1) is 11.0 Å². The zero-order valence-corrected chi connectivity index (χ0v) is 21.9. The van der Waals surface area contributed by atoms with Gasteiger partial charge in [0, 0.05) is 45.2 Å². The van der Waals surface area contributed by atoms with Crippen molar-refractivity contribution in [2.45, 2.75) is 6.42 Å². The van der Waals surface area contributed by atoms with Gasteiger partial charge in [0.15, 0.2) is 5.65 Å². The molecule has 0 saturated heterocycles. The molecule has 5 nitrogen and oxygen atoms in total. The maximum Gasteiger partial charge on any atom is 0.166 e. The van der Waals surface area contributed by atoms with Gasteiger partial charge in [0.1, 0.15) is 16.8 Å². The quantitative estimate of drug-likeness (QED) is 0.204. The molecule has 5 aromatic heterocycles. The summed E-state index contributed by atoms with van der Waals surface area (Å²) in [5, 5.41) is 5.79. The lowest BCUT2D eigenvalue weighted by Gasteiger charge is -2.12. The largest absolute Gasteiger partial charge is 0.309 e. The standard InChI is InChI=1S/C36H21N5/c1-2-9-23(10-3-1)40-31-20-27-26-12-6-16-37-34(26)41-35(39-30-13-7-17-38-36(30)41)29(27)19-28(31)25-15-14-22-18-21-8-4-5-11-24(21)32(22)33(25)40/h1-17,19-20H,18H2. The van der Waals surface area contributed by atoms with Crippen LogP contribution in [0.1, 0.15) is 11.1 Å². The van der Waals surface area contributed by atoms with Gasteiger partial charge in [-0.3, -0.25) is 4.40 Å². The molecule has 0 radical (unpaired) electrons. The van der Waals surface area contributed by atoms with Gasteiger partial charge >= 0.3 is 0 Å². The van der Waals surface area contributed by atoms with E-state index in [4.69, 9.17) is 15.0 Å². The summed E-state index contributed by atoms with van der Waals surface area (Å²) in [6.07, 6.45) is 4.64. The van der Waals surface area contributed by atoms with Crippen molar-refractivity contribution in [2.24, 2.45) is 0 Å². The average Bonchev–Trinajstić information content (AvgIpc) is 3.70. The lowest BCUT2D eigenvalue weighted by molar-refractivity contribution is 1.18. The van der Waals surface area contributed by atoms with Crippen LogP contribution in [0.5, 0.6) is 0 Å². The molecule has 0 fully saturated rings. The summed E-state index contributed by atoms with van der Waals surface area (Å²) in [4.78, 5) is 14.6. The van der Waals surface area contributed by atoms with Crippen LogP contribution in [-0.2, 0) is 6.42 Å². The van der Waals surface area contributed by atoms with Crippen LogP contribution in [0.3, 0.4) is 0 Å². The summed E-state index contributed by atoms with van der Waals surface area (Å²) in [6, 6.07) is 37.1. The minimum absolute atomic E-state index is 0.828. The monoisotopic (exact) mass is 523 g/mol. The molecule has 10 rings (SSSR count). The fraction of sp³-hybridized carbons (Fsp3) is 0.0278. The Labute approximate surface area is 234 Å². The van der Waals surface area contributed by atoms with Gasteiger partial charge < -0.3 is 4.57 Å². The number of para-hydroxylation sites is 1. The second kappa shape index (κ2) is 7.55. The molecule has 0 N–H and O–H groups in total. The Bertz CT molecular complexity index is 2550. The molecular formula is C36H21N5. The Hall–Kier alpha value is -5.55. The molecule has 5 heterocycles. The zero-order chi connectivity index (χ0) is 26.7. The van der Waals surface area contributed by atoms with Crippen LogP contribution in [0.15, 0.2) is 116 Å². The van der Waals surface area contributed by atoms with Crippen LogP contribution in [-0.4, -0.2) is 23.9 Å². The molecular weight excluding hydrogens is 502 g/mol. The first-order valence-corrected chi connectivity index (χ1v) is 13.9. The van der Waals surface area contributed by atoms with Gasteiger partial charge in [-0.05, 0) is 77.0 Å². The number of hydrogen-bond donors (Lipinski definition) is 0. The molecule has 41 heavy (non-hydrogen) atoms. The van der Waals surface area contributed by atoms with Gasteiger partial charge in [0.25, 0.3) is 0 Å². The van der Waals surface area contributed by atoms with Crippen molar-refractivity contribution in [3.63, 3.8) is 0 Å². The zero-order valence-electron chi connectivity index (χ0n) is 21.9. The van der Waals surface area contributed by atoms with E-state index in [2.05, 4.69) is 93.9 Å². The van der Waals surface area contributed by atoms with Crippen LogP contribution in [0.4, 0.5) is 0 Å². The first-order valence-electron chi connectivity index (χ1n) is 13.9. The highest BCUT2D eigenvalue weighted by Gasteiger charge is 2.26.